The molecule has 0 aliphatic carbocycles. The summed E-state index contributed by atoms with van der Waals surface area (Å²) in [5.41, 5.74) is -6.14. The molecule has 2 heterocycles. The number of thiophene rings is 1. The average molecular weight is 646 g/mol. The first kappa shape index (κ1) is 31.4. The second kappa shape index (κ2) is 12.0. The van der Waals surface area contributed by atoms with E-state index in [-0.39, 0.29) is 15.5 Å². The van der Waals surface area contributed by atoms with Gasteiger partial charge in [0.2, 0.25) is 11.6 Å². The zero-order chi connectivity index (χ0) is 30.9. The van der Waals surface area contributed by atoms with E-state index in [2.05, 4.69) is 5.32 Å². The number of amides is 1. The van der Waals surface area contributed by atoms with Crippen molar-refractivity contribution in [2.24, 2.45) is 5.92 Å². The average Bonchev–Trinajstić information content (AvgIpc) is 3.46. The molecule has 1 aliphatic rings. The summed E-state index contributed by atoms with van der Waals surface area (Å²) in [6.07, 6.45) is -10.3. The quantitative estimate of drug-likeness (QED) is 0.190. The van der Waals surface area contributed by atoms with Gasteiger partial charge in [0.25, 0.3) is 0 Å². The fourth-order valence-corrected chi connectivity index (χ4v) is 6.35. The van der Waals surface area contributed by atoms with Crippen LogP contribution in [0.1, 0.15) is 26.7 Å². The van der Waals surface area contributed by atoms with Crippen LogP contribution in [0.3, 0.4) is 0 Å². The second-order valence-electron chi connectivity index (χ2n) is 8.94. The van der Waals surface area contributed by atoms with Gasteiger partial charge in [-0.1, -0.05) is 59.8 Å². The molecule has 0 radical (unpaired) electrons. The molecule has 0 fully saturated rings. The normalized spacial score (nSPS) is 20.9. The van der Waals surface area contributed by atoms with Gasteiger partial charge in [-0.15, -0.1) is 11.3 Å². The van der Waals surface area contributed by atoms with Gasteiger partial charge < -0.3 is 15.7 Å². The molecule has 1 amide bonds. The van der Waals surface area contributed by atoms with Crippen LogP contribution >= 0.6 is 34.7 Å². The Bertz CT molecular complexity index is 1570. The monoisotopic (exact) mass is 645 g/mol. The Morgan fingerprint density at radius 1 is 1.07 bits per heavy atom. The molecule has 0 saturated heterocycles. The number of rotatable bonds is 7. The molecule has 220 valence electrons. The van der Waals surface area contributed by atoms with Gasteiger partial charge in [0.1, 0.15) is 0 Å². The number of para-hydroxylation sites is 1. The van der Waals surface area contributed by atoms with Crippen molar-refractivity contribution >= 4 is 52.1 Å². The first-order valence-electron chi connectivity index (χ1n) is 11.8. The zero-order valence-corrected chi connectivity index (χ0v) is 23.3. The lowest BCUT2D eigenvalue weighted by atomic mass is 9.70. The van der Waals surface area contributed by atoms with Crippen LogP contribution in [0.15, 0.2) is 76.6 Å². The highest BCUT2D eigenvalue weighted by molar-refractivity contribution is 8.03. The largest absolute Gasteiger partial charge is 0.437 e. The molecule has 1 aliphatic heterocycles. The predicted molar refractivity (Wildman–Crippen MR) is 146 cm³/mol. The maximum atomic E-state index is 14.6. The van der Waals surface area contributed by atoms with Crippen LogP contribution < -0.4 is 10.6 Å². The molecule has 3 N–H and O–H groups in total. The summed E-state index contributed by atoms with van der Waals surface area (Å²) >= 11 is 7.50. The summed E-state index contributed by atoms with van der Waals surface area (Å²) < 4.78 is 83.8. The van der Waals surface area contributed by atoms with Crippen molar-refractivity contribution in [3.63, 3.8) is 0 Å². The minimum absolute atomic E-state index is 0.0588. The molecule has 0 bridgehead atoms. The maximum Gasteiger partial charge on any atom is 0.437 e. The third kappa shape index (κ3) is 6.14. The number of alkyl halides is 6. The van der Waals surface area contributed by atoms with Crippen molar-refractivity contribution in [2.45, 2.75) is 24.0 Å². The topological polar surface area (TPSA) is 102 Å². The van der Waals surface area contributed by atoms with Gasteiger partial charge in [-0.2, -0.15) is 31.6 Å². The molecular weight excluding hydrogens is 628 g/mol. The van der Waals surface area contributed by atoms with Crippen molar-refractivity contribution in [1.29, 1.82) is 5.26 Å². The van der Waals surface area contributed by atoms with Crippen LogP contribution in [0.25, 0.3) is 0 Å². The van der Waals surface area contributed by atoms with E-state index in [9.17, 15) is 46.3 Å². The van der Waals surface area contributed by atoms with Gasteiger partial charge in [0, 0.05) is 10.9 Å². The number of benzene rings is 2. The number of nitrogens with one attached hydrogen (secondary N) is 2. The van der Waals surface area contributed by atoms with Gasteiger partial charge in [-0.3, -0.25) is 9.59 Å². The van der Waals surface area contributed by atoms with Crippen LogP contribution in [-0.4, -0.2) is 34.5 Å². The zero-order valence-electron chi connectivity index (χ0n) is 20.9. The Kier molecular flexibility index (Phi) is 8.98. The summed E-state index contributed by atoms with van der Waals surface area (Å²) in [6, 6.07) is 14.1. The van der Waals surface area contributed by atoms with Gasteiger partial charge in [0.05, 0.1) is 44.5 Å². The molecule has 15 heteroatoms. The lowest BCUT2D eigenvalue weighted by Gasteiger charge is -2.45. The van der Waals surface area contributed by atoms with Crippen molar-refractivity contribution in [2.75, 3.05) is 11.1 Å². The molecule has 0 unspecified atom stereocenters. The first-order valence-corrected chi connectivity index (χ1v) is 14.1. The summed E-state index contributed by atoms with van der Waals surface area (Å²) in [5, 5.41) is 26.0. The predicted octanol–water partition coefficient (Wildman–Crippen LogP) is 6.96. The van der Waals surface area contributed by atoms with Crippen LogP contribution in [0.4, 0.5) is 32.0 Å². The van der Waals surface area contributed by atoms with Gasteiger partial charge in [-0.25, -0.2) is 0 Å². The maximum absolute atomic E-state index is 14.6. The molecule has 2 aromatic carbocycles. The molecule has 1 aromatic heterocycles. The minimum atomic E-state index is -5.48. The van der Waals surface area contributed by atoms with Gasteiger partial charge in [0.15, 0.2) is 5.78 Å². The van der Waals surface area contributed by atoms with Crippen molar-refractivity contribution in [3.05, 3.63) is 97.7 Å². The number of anilines is 1. The van der Waals surface area contributed by atoms with Gasteiger partial charge >= 0.3 is 12.4 Å². The number of hydrogen-bond acceptors (Lipinski definition) is 7. The number of nitriles is 1. The van der Waals surface area contributed by atoms with Crippen molar-refractivity contribution in [3.8, 4) is 6.07 Å². The molecule has 0 saturated carbocycles. The van der Waals surface area contributed by atoms with Crippen LogP contribution in [0, 0.1) is 17.2 Å². The summed E-state index contributed by atoms with van der Waals surface area (Å²) in [4.78, 5) is 26.1. The molecular formula is C27H18ClF6N3O3S2. The lowest BCUT2D eigenvalue weighted by molar-refractivity contribution is -0.285. The lowest BCUT2D eigenvalue weighted by Crippen LogP contribution is -2.66. The fourth-order valence-electron chi connectivity index (χ4n) is 4.49. The third-order valence-electron chi connectivity index (χ3n) is 6.34. The number of nitrogens with zero attached hydrogens (tertiary/aromatic N) is 1. The highest BCUT2D eigenvalue weighted by Gasteiger charge is 2.66. The van der Waals surface area contributed by atoms with Crippen LogP contribution in [0.2, 0.25) is 5.02 Å². The van der Waals surface area contributed by atoms with E-state index >= 15 is 0 Å². The van der Waals surface area contributed by atoms with E-state index in [0.29, 0.717) is 11.8 Å². The van der Waals surface area contributed by atoms with E-state index in [1.807, 2.05) is 5.32 Å². The highest BCUT2D eigenvalue weighted by atomic mass is 35.5. The number of hydrogen-bond donors (Lipinski definition) is 3. The Morgan fingerprint density at radius 2 is 1.74 bits per heavy atom. The number of Topliss-reactive ketones (excluding diaryl/α,β-unsaturated/α-hetero) is 1. The molecule has 3 atom stereocenters. The van der Waals surface area contributed by atoms with E-state index < -0.39 is 69.2 Å². The third-order valence-corrected chi connectivity index (χ3v) is 8.58. The number of aliphatic hydroxyl groups is 1. The number of ketones is 1. The summed E-state index contributed by atoms with van der Waals surface area (Å²) in [5.74, 6) is -6.94. The smallest absolute Gasteiger partial charge is 0.363 e. The number of thioether (sulfide) groups is 1. The summed E-state index contributed by atoms with van der Waals surface area (Å²) in [6.45, 7) is 0. The standard InChI is InChI=1S/C27H18ClF6N3O3S2/c28-17-8-3-1-6-14(17)21-15(12-35)24(42-13-20(38)36-18-9-4-2-7-16(18)26(29,30)31)37-25(40,27(32,33)34)22(21)23(39)19-10-5-11-41-19/h1-11,21-22,37,40H,13H2,(H,36,38)/t21-,22+,25-/m1/s1. The molecule has 3 aromatic rings. The number of halogens is 7. The summed E-state index contributed by atoms with van der Waals surface area (Å²) in [7, 11) is 0. The second-order valence-corrected chi connectivity index (χ2v) is 11.3. The first-order chi connectivity index (χ1) is 19.7. The Balaban J connectivity index is 1.78. The van der Waals surface area contributed by atoms with Crippen molar-refractivity contribution < 1.29 is 41.0 Å². The SMILES string of the molecule is N#CC1=C(SCC(=O)Nc2ccccc2C(F)(F)F)N[C@](O)(C(F)(F)F)[C@H](C(=O)c2cccs2)[C@@H]1c1ccccc1Cl. The Labute approximate surface area is 248 Å². The fraction of sp³-hybridized carbons (Fsp3) is 0.222. The van der Waals surface area contributed by atoms with Crippen LogP contribution in [0.5, 0.6) is 0 Å². The van der Waals surface area contributed by atoms with Gasteiger partial charge in [-0.05, 0) is 35.2 Å². The minimum Gasteiger partial charge on any atom is -0.363 e. The molecule has 6 nitrogen and oxygen atoms in total. The van der Waals surface area contributed by atoms with E-state index in [1.165, 1.54) is 47.8 Å². The molecule has 0 spiro atoms. The van der Waals surface area contributed by atoms with Crippen molar-refractivity contribution in [1.82, 2.24) is 5.32 Å². The highest BCUT2D eigenvalue weighted by Crippen LogP contribution is 2.52. The van der Waals surface area contributed by atoms with E-state index in [4.69, 9.17) is 11.6 Å². The Morgan fingerprint density at radius 3 is 2.33 bits per heavy atom. The Hall–Kier alpha value is -3.51. The van der Waals surface area contributed by atoms with E-state index in [0.717, 1.165) is 29.5 Å². The van der Waals surface area contributed by atoms with E-state index in [1.54, 1.807) is 6.07 Å². The number of carbonyl (C=O) groups is 2. The number of allylic oxidation sites excluding steroid dienone is 1. The molecule has 4 rings (SSSR count). The number of carbonyl (C=O) groups excluding carboxylic acids is 2. The van der Waals surface area contributed by atoms with Crippen LogP contribution in [-0.2, 0) is 11.0 Å². The molecule has 42 heavy (non-hydrogen) atoms.